The van der Waals surface area contributed by atoms with Gasteiger partial charge in [0.1, 0.15) is 5.75 Å². The number of methoxy groups -OCH3 is 1. The summed E-state index contributed by atoms with van der Waals surface area (Å²) in [6.45, 7) is 3.48. The Morgan fingerprint density at radius 3 is 2.58 bits per heavy atom. The minimum Gasteiger partial charge on any atom is -0.497 e. The molecule has 19 heavy (non-hydrogen) atoms. The van der Waals surface area contributed by atoms with E-state index in [1.165, 1.54) is 44.3 Å². The van der Waals surface area contributed by atoms with Crippen molar-refractivity contribution in [2.24, 2.45) is 0 Å². The number of hydrogen-bond donors (Lipinski definition) is 1. The molecule has 0 radical (unpaired) electrons. The van der Waals surface area contributed by atoms with E-state index in [0.29, 0.717) is 0 Å². The van der Waals surface area contributed by atoms with Gasteiger partial charge in [0.25, 0.3) is 0 Å². The molecule has 1 aromatic carbocycles. The summed E-state index contributed by atoms with van der Waals surface area (Å²) < 4.78 is 5.26. The number of hydrogen-bond acceptors (Lipinski definition) is 3. The van der Waals surface area contributed by atoms with Crippen molar-refractivity contribution in [3.63, 3.8) is 0 Å². The lowest BCUT2D eigenvalue weighted by Gasteiger charge is -2.25. The van der Waals surface area contributed by atoms with Crippen LogP contribution in [0.2, 0.25) is 0 Å². The van der Waals surface area contributed by atoms with Crippen LogP contribution in [-0.2, 0) is 0 Å². The SMILES string of the molecule is COc1cccc(C(CO)CN2CCCCCC2)c1. The van der Waals surface area contributed by atoms with Crippen LogP contribution in [0.1, 0.15) is 37.2 Å². The van der Waals surface area contributed by atoms with Crippen molar-refractivity contribution in [2.75, 3.05) is 33.4 Å². The number of likely N-dealkylation sites (tertiary alicyclic amines) is 1. The maximum absolute atomic E-state index is 9.68. The van der Waals surface area contributed by atoms with Crippen molar-refractivity contribution in [3.05, 3.63) is 29.8 Å². The van der Waals surface area contributed by atoms with Gasteiger partial charge in [-0.25, -0.2) is 0 Å². The Labute approximate surface area is 116 Å². The minimum atomic E-state index is 0.188. The number of nitrogens with zero attached hydrogens (tertiary/aromatic N) is 1. The van der Waals surface area contributed by atoms with E-state index in [2.05, 4.69) is 11.0 Å². The lowest BCUT2D eigenvalue weighted by atomic mass is 9.99. The molecule has 3 nitrogen and oxygen atoms in total. The molecule has 0 spiro atoms. The van der Waals surface area contributed by atoms with Crippen LogP contribution in [0.4, 0.5) is 0 Å². The van der Waals surface area contributed by atoms with Crippen LogP contribution in [0.3, 0.4) is 0 Å². The van der Waals surface area contributed by atoms with E-state index in [1.807, 2.05) is 18.2 Å². The van der Waals surface area contributed by atoms with Crippen molar-refractivity contribution >= 4 is 0 Å². The first-order valence-electron chi connectivity index (χ1n) is 7.30. The van der Waals surface area contributed by atoms with Crippen LogP contribution < -0.4 is 4.74 Å². The van der Waals surface area contributed by atoms with Crippen LogP contribution in [0, 0.1) is 0 Å². The molecule has 0 aliphatic carbocycles. The maximum Gasteiger partial charge on any atom is 0.119 e. The second-order valence-corrected chi connectivity index (χ2v) is 5.37. The smallest absolute Gasteiger partial charge is 0.119 e. The molecule has 1 aromatic rings. The highest BCUT2D eigenvalue weighted by atomic mass is 16.5. The van der Waals surface area contributed by atoms with Gasteiger partial charge in [0.05, 0.1) is 13.7 Å². The molecule has 3 heteroatoms. The van der Waals surface area contributed by atoms with Crippen LogP contribution >= 0.6 is 0 Å². The maximum atomic E-state index is 9.68. The number of rotatable bonds is 5. The first kappa shape index (κ1) is 14.4. The molecular formula is C16H25NO2. The summed E-state index contributed by atoms with van der Waals surface area (Å²) in [5.41, 5.74) is 1.17. The molecule has 1 N–H and O–H groups in total. The van der Waals surface area contributed by atoms with Crippen LogP contribution in [0.15, 0.2) is 24.3 Å². The van der Waals surface area contributed by atoms with Crippen molar-refractivity contribution in [1.29, 1.82) is 0 Å². The largest absolute Gasteiger partial charge is 0.497 e. The molecule has 1 saturated heterocycles. The monoisotopic (exact) mass is 263 g/mol. The molecule has 1 unspecified atom stereocenters. The zero-order valence-corrected chi connectivity index (χ0v) is 11.8. The van der Waals surface area contributed by atoms with Gasteiger partial charge in [-0.1, -0.05) is 25.0 Å². The molecule has 0 amide bonds. The fourth-order valence-corrected chi connectivity index (χ4v) is 2.79. The third-order valence-electron chi connectivity index (χ3n) is 3.96. The average molecular weight is 263 g/mol. The average Bonchev–Trinajstić information content (AvgIpc) is 2.73. The van der Waals surface area contributed by atoms with Gasteiger partial charge in [0.15, 0.2) is 0 Å². The number of benzene rings is 1. The summed E-state index contributed by atoms with van der Waals surface area (Å²) in [4.78, 5) is 2.49. The van der Waals surface area contributed by atoms with Gasteiger partial charge >= 0.3 is 0 Å². The Morgan fingerprint density at radius 2 is 1.95 bits per heavy atom. The van der Waals surface area contributed by atoms with E-state index < -0.39 is 0 Å². The van der Waals surface area contributed by atoms with Gasteiger partial charge in [0, 0.05) is 12.5 Å². The Balaban J connectivity index is 2.01. The predicted molar refractivity (Wildman–Crippen MR) is 77.7 cm³/mol. The number of aliphatic hydroxyl groups excluding tert-OH is 1. The molecule has 1 aliphatic heterocycles. The summed E-state index contributed by atoms with van der Waals surface area (Å²) in [5.74, 6) is 1.06. The topological polar surface area (TPSA) is 32.7 Å². The number of ether oxygens (including phenoxy) is 1. The first-order chi connectivity index (χ1) is 9.33. The highest BCUT2D eigenvalue weighted by Gasteiger charge is 2.17. The molecule has 1 atom stereocenters. The molecule has 0 aromatic heterocycles. The molecule has 1 fully saturated rings. The molecule has 2 rings (SSSR count). The van der Waals surface area contributed by atoms with E-state index in [9.17, 15) is 5.11 Å². The summed E-state index contributed by atoms with van der Waals surface area (Å²) in [6.07, 6.45) is 5.27. The lowest BCUT2D eigenvalue weighted by molar-refractivity contribution is 0.203. The number of aliphatic hydroxyl groups is 1. The zero-order chi connectivity index (χ0) is 13.5. The van der Waals surface area contributed by atoms with E-state index >= 15 is 0 Å². The first-order valence-corrected chi connectivity index (χ1v) is 7.30. The van der Waals surface area contributed by atoms with Crippen molar-refractivity contribution < 1.29 is 9.84 Å². The second kappa shape index (κ2) is 7.51. The lowest BCUT2D eigenvalue weighted by Crippen LogP contribution is -2.31. The van der Waals surface area contributed by atoms with Crippen molar-refractivity contribution in [2.45, 2.75) is 31.6 Å². The summed E-state index contributed by atoms with van der Waals surface area (Å²) in [5, 5.41) is 9.68. The van der Waals surface area contributed by atoms with Crippen molar-refractivity contribution in [1.82, 2.24) is 4.90 Å². The normalized spacial score (nSPS) is 18.8. The molecule has 1 aliphatic rings. The molecule has 0 saturated carbocycles. The highest BCUT2D eigenvalue weighted by Crippen LogP contribution is 2.22. The van der Waals surface area contributed by atoms with Gasteiger partial charge in [-0.15, -0.1) is 0 Å². The van der Waals surface area contributed by atoms with E-state index in [4.69, 9.17) is 4.74 Å². The van der Waals surface area contributed by atoms with Crippen molar-refractivity contribution in [3.8, 4) is 5.75 Å². The van der Waals surface area contributed by atoms with Gasteiger partial charge < -0.3 is 14.7 Å². The van der Waals surface area contributed by atoms with Crippen LogP contribution in [0.5, 0.6) is 5.75 Å². The van der Waals surface area contributed by atoms with E-state index in [-0.39, 0.29) is 12.5 Å². The summed E-state index contributed by atoms with van der Waals surface area (Å²) in [7, 11) is 1.68. The zero-order valence-electron chi connectivity index (χ0n) is 11.8. The van der Waals surface area contributed by atoms with Crippen LogP contribution in [0.25, 0.3) is 0 Å². The fourth-order valence-electron chi connectivity index (χ4n) is 2.79. The second-order valence-electron chi connectivity index (χ2n) is 5.37. The van der Waals surface area contributed by atoms with Crippen LogP contribution in [-0.4, -0.2) is 43.4 Å². The molecule has 106 valence electrons. The van der Waals surface area contributed by atoms with E-state index in [0.717, 1.165) is 12.3 Å². The molecular weight excluding hydrogens is 238 g/mol. The van der Waals surface area contributed by atoms with Gasteiger partial charge in [-0.05, 0) is 43.6 Å². The van der Waals surface area contributed by atoms with Gasteiger partial charge in [0.2, 0.25) is 0 Å². The quantitative estimate of drug-likeness (QED) is 0.886. The highest BCUT2D eigenvalue weighted by molar-refractivity contribution is 5.31. The molecule has 1 heterocycles. The summed E-state index contributed by atoms with van der Waals surface area (Å²) >= 11 is 0. The van der Waals surface area contributed by atoms with E-state index in [1.54, 1.807) is 7.11 Å². The fraction of sp³-hybridized carbons (Fsp3) is 0.625. The predicted octanol–water partition coefficient (Wildman–Crippen LogP) is 2.65. The standard InChI is InChI=1S/C16H25NO2/c1-19-16-8-6-7-14(11-16)15(13-18)12-17-9-4-2-3-5-10-17/h6-8,11,15,18H,2-5,9-10,12-13H2,1H3. The Hall–Kier alpha value is -1.06. The Morgan fingerprint density at radius 1 is 1.21 bits per heavy atom. The minimum absolute atomic E-state index is 0.188. The van der Waals surface area contributed by atoms with Gasteiger partial charge in [-0.3, -0.25) is 0 Å². The van der Waals surface area contributed by atoms with Gasteiger partial charge in [-0.2, -0.15) is 0 Å². The third-order valence-corrected chi connectivity index (χ3v) is 3.96. The Kier molecular flexibility index (Phi) is 5.67. The summed E-state index contributed by atoms with van der Waals surface area (Å²) in [6, 6.07) is 8.07. The molecule has 0 bridgehead atoms. The third kappa shape index (κ3) is 4.22. The Bertz CT molecular complexity index is 373.